The van der Waals surface area contributed by atoms with E-state index in [1.165, 1.54) is 11.3 Å². The van der Waals surface area contributed by atoms with Crippen LogP contribution in [-0.2, 0) is 0 Å². The van der Waals surface area contributed by atoms with Crippen molar-refractivity contribution in [2.24, 2.45) is 5.92 Å². The zero-order chi connectivity index (χ0) is 13.9. The third-order valence-corrected chi connectivity index (χ3v) is 4.50. The van der Waals surface area contributed by atoms with E-state index in [0.29, 0.717) is 17.6 Å². The summed E-state index contributed by atoms with van der Waals surface area (Å²) < 4.78 is 5.43. The highest BCUT2D eigenvalue weighted by molar-refractivity contribution is 7.98. The maximum Gasteiger partial charge on any atom is 0.244 e. The predicted molar refractivity (Wildman–Crippen MR) is 80.7 cm³/mol. The van der Waals surface area contributed by atoms with E-state index in [4.69, 9.17) is 4.52 Å². The van der Waals surface area contributed by atoms with E-state index in [9.17, 15) is 0 Å². The van der Waals surface area contributed by atoms with Crippen molar-refractivity contribution in [1.82, 2.24) is 15.5 Å². The highest BCUT2D eigenvalue weighted by atomic mass is 32.2. The molecule has 2 aromatic rings. The minimum Gasteiger partial charge on any atom is -0.337 e. The lowest BCUT2D eigenvalue weighted by atomic mass is 9.94. The Bertz CT molecular complexity index is 567. The summed E-state index contributed by atoms with van der Waals surface area (Å²) in [4.78, 5) is 5.78. The predicted octanol–water partition coefficient (Wildman–Crippen LogP) is 3.52. The first-order chi connectivity index (χ1) is 9.76. The van der Waals surface area contributed by atoms with Gasteiger partial charge in [0.2, 0.25) is 11.7 Å². The smallest absolute Gasteiger partial charge is 0.244 e. The summed E-state index contributed by atoms with van der Waals surface area (Å²) in [5, 5.41) is 7.56. The minimum atomic E-state index is 0.200. The molecule has 1 aromatic carbocycles. The summed E-state index contributed by atoms with van der Waals surface area (Å²) in [6, 6.07) is 8.44. The number of nitrogens with zero attached hydrogens (tertiary/aromatic N) is 2. The first-order valence-electron chi connectivity index (χ1n) is 6.97. The van der Waals surface area contributed by atoms with Gasteiger partial charge in [0.25, 0.3) is 0 Å². The van der Waals surface area contributed by atoms with Crippen LogP contribution in [0, 0.1) is 5.92 Å². The molecule has 0 spiro atoms. The highest BCUT2D eigenvalue weighted by Crippen LogP contribution is 2.27. The van der Waals surface area contributed by atoms with Crippen molar-refractivity contribution in [2.45, 2.75) is 30.7 Å². The van der Waals surface area contributed by atoms with Crippen molar-refractivity contribution in [2.75, 3.05) is 12.8 Å². The van der Waals surface area contributed by atoms with Gasteiger partial charge in [-0.25, -0.2) is 0 Å². The van der Waals surface area contributed by atoms with Gasteiger partial charge >= 0.3 is 0 Å². The molecule has 1 N–H and O–H groups in total. The van der Waals surface area contributed by atoms with Crippen LogP contribution in [0.3, 0.4) is 0 Å². The Kier molecular flexibility index (Phi) is 4.08. The summed E-state index contributed by atoms with van der Waals surface area (Å²) in [5.41, 5.74) is 1.00. The van der Waals surface area contributed by atoms with Crippen LogP contribution in [0.25, 0.3) is 11.4 Å². The van der Waals surface area contributed by atoms with Gasteiger partial charge in [-0.15, -0.1) is 11.8 Å². The maximum atomic E-state index is 5.43. The number of aromatic nitrogens is 2. The molecule has 1 saturated heterocycles. The molecule has 5 heteroatoms. The first-order valence-corrected chi connectivity index (χ1v) is 8.20. The number of nitrogens with one attached hydrogen (secondary N) is 1. The van der Waals surface area contributed by atoms with Gasteiger partial charge in [-0.3, -0.25) is 0 Å². The van der Waals surface area contributed by atoms with Gasteiger partial charge < -0.3 is 9.84 Å². The lowest BCUT2D eigenvalue weighted by Gasteiger charge is -2.25. The Morgan fingerprint density at radius 3 is 2.80 bits per heavy atom. The van der Waals surface area contributed by atoms with Crippen molar-refractivity contribution in [3.05, 3.63) is 30.2 Å². The lowest BCUT2D eigenvalue weighted by molar-refractivity contribution is 0.260. The number of piperidine rings is 1. The fraction of sp³-hybridized carbons (Fsp3) is 0.467. The van der Waals surface area contributed by atoms with E-state index in [0.717, 1.165) is 18.5 Å². The molecule has 2 heterocycles. The van der Waals surface area contributed by atoms with Gasteiger partial charge in [0.1, 0.15) is 0 Å². The van der Waals surface area contributed by atoms with E-state index < -0.39 is 0 Å². The van der Waals surface area contributed by atoms with Crippen LogP contribution in [0.2, 0.25) is 0 Å². The van der Waals surface area contributed by atoms with Crippen molar-refractivity contribution in [1.29, 1.82) is 0 Å². The van der Waals surface area contributed by atoms with Crippen LogP contribution >= 0.6 is 11.8 Å². The van der Waals surface area contributed by atoms with E-state index in [2.05, 4.69) is 40.8 Å². The fourth-order valence-electron chi connectivity index (χ4n) is 2.53. The van der Waals surface area contributed by atoms with Crippen molar-refractivity contribution < 1.29 is 4.52 Å². The summed E-state index contributed by atoms with van der Waals surface area (Å²) >= 11 is 1.73. The van der Waals surface area contributed by atoms with Gasteiger partial charge in [0.15, 0.2) is 0 Å². The molecular weight excluding hydrogens is 270 g/mol. The van der Waals surface area contributed by atoms with Crippen LogP contribution in [-0.4, -0.2) is 22.9 Å². The van der Waals surface area contributed by atoms with Gasteiger partial charge in [-0.2, -0.15) is 4.98 Å². The van der Waals surface area contributed by atoms with Crippen molar-refractivity contribution in [3.63, 3.8) is 0 Å². The topological polar surface area (TPSA) is 51.0 Å². The fourth-order valence-corrected chi connectivity index (χ4v) is 2.94. The van der Waals surface area contributed by atoms with Crippen LogP contribution in [0.5, 0.6) is 0 Å². The normalized spacial score (nSPS) is 22.9. The summed E-state index contributed by atoms with van der Waals surface area (Å²) in [6.07, 6.45) is 4.35. The molecule has 1 aliphatic heterocycles. The molecule has 2 atom stereocenters. The van der Waals surface area contributed by atoms with E-state index >= 15 is 0 Å². The molecule has 1 aromatic heterocycles. The van der Waals surface area contributed by atoms with E-state index in [1.807, 2.05) is 12.1 Å². The van der Waals surface area contributed by atoms with Crippen LogP contribution in [0.4, 0.5) is 0 Å². The summed E-state index contributed by atoms with van der Waals surface area (Å²) in [7, 11) is 0. The maximum absolute atomic E-state index is 5.43. The molecule has 0 bridgehead atoms. The Balaban J connectivity index is 1.78. The number of benzene rings is 1. The molecule has 2 unspecified atom stereocenters. The summed E-state index contributed by atoms with van der Waals surface area (Å²) in [5.74, 6) is 2.09. The molecule has 3 rings (SSSR count). The van der Waals surface area contributed by atoms with Crippen LogP contribution in [0.15, 0.2) is 33.7 Å². The zero-order valence-electron chi connectivity index (χ0n) is 11.8. The highest BCUT2D eigenvalue weighted by Gasteiger charge is 2.24. The minimum absolute atomic E-state index is 0.200. The Morgan fingerprint density at radius 2 is 2.10 bits per heavy atom. The standard InChI is InChI=1S/C15H19N3OS/c1-10-7-8-16-13(9-10)15-17-14(18-19-15)11-3-5-12(20-2)6-4-11/h3-6,10,13,16H,7-9H2,1-2H3. The van der Waals surface area contributed by atoms with Gasteiger partial charge in [0, 0.05) is 10.5 Å². The second kappa shape index (κ2) is 5.97. The molecule has 0 amide bonds. The molecular formula is C15H19N3OS. The average molecular weight is 289 g/mol. The Hall–Kier alpha value is -1.33. The molecule has 1 fully saturated rings. The molecule has 20 heavy (non-hydrogen) atoms. The molecule has 0 saturated carbocycles. The quantitative estimate of drug-likeness (QED) is 0.876. The monoisotopic (exact) mass is 289 g/mol. The lowest BCUT2D eigenvalue weighted by Crippen LogP contribution is -2.30. The molecule has 4 nitrogen and oxygen atoms in total. The van der Waals surface area contributed by atoms with Crippen molar-refractivity contribution in [3.8, 4) is 11.4 Å². The number of rotatable bonds is 3. The van der Waals surface area contributed by atoms with Gasteiger partial charge in [-0.1, -0.05) is 12.1 Å². The van der Waals surface area contributed by atoms with Gasteiger partial charge in [0.05, 0.1) is 6.04 Å². The molecule has 1 aliphatic rings. The van der Waals surface area contributed by atoms with Gasteiger partial charge in [-0.05, 0) is 55.8 Å². The molecule has 0 radical (unpaired) electrons. The van der Waals surface area contributed by atoms with E-state index in [-0.39, 0.29) is 6.04 Å². The third kappa shape index (κ3) is 2.88. The summed E-state index contributed by atoms with van der Waals surface area (Å²) in [6.45, 7) is 3.29. The zero-order valence-corrected chi connectivity index (χ0v) is 12.6. The van der Waals surface area contributed by atoms with Crippen LogP contribution in [0.1, 0.15) is 31.7 Å². The Labute approximate surface area is 123 Å². The number of thioether (sulfide) groups is 1. The Morgan fingerprint density at radius 1 is 1.30 bits per heavy atom. The molecule has 0 aliphatic carbocycles. The van der Waals surface area contributed by atoms with Crippen LogP contribution < -0.4 is 5.32 Å². The molecule has 106 valence electrons. The largest absolute Gasteiger partial charge is 0.337 e. The number of hydrogen-bond acceptors (Lipinski definition) is 5. The second-order valence-electron chi connectivity index (χ2n) is 5.32. The first kappa shape index (κ1) is 13.6. The van der Waals surface area contributed by atoms with Crippen molar-refractivity contribution >= 4 is 11.8 Å². The van der Waals surface area contributed by atoms with E-state index in [1.54, 1.807) is 11.8 Å². The second-order valence-corrected chi connectivity index (χ2v) is 6.20. The SMILES string of the molecule is CSc1ccc(-c2noc(C3CC(C)CCN3)n2)cc1. The average Bonchev–Trinajstić information content (AvgIpc) is 2.97. The third-order valence-electron chi connectivity index (χ3n) is 3.75. The number of hydrogen-bond donors (Lipinski definition) is 1.